The van der Waals surface area contributed by atoms with E-state index in [-0.39, 0.29) is 5.41 Å². The number of likely N-dealkylation sites (N-methyl/N-ethyl adjacent to an activating group) is 1. The third kappa shape index (κ3) is 6.17. The molecule has 1 aliphatic rings. The quantitative estimate of drug-likeness (QED) is 0.703. The second-order valence-corrected chi connectivity index (χ2v) is 6.92. The van der Waals surface area contributed by atoms with Crippen molar-refractivity contribution in [3.05, 3.63) is 0 Å². The van der Waals surface area contributed by atoms with Crippen LogP contribution in [0.25, 0.3) is 0 Å². The van der Waals surface area contributed by atoms with Gasteiger partial charge >= 0.3 is 0 Å². The average molecular weight is 286 g/mol. The topological polar surface area (TPSA) is 35.7 Å². The molecule has 5 heteroatoms. The molecule has 2 N–H and O–H groups in total. The molecule has 0 bridgehead atoms. The van der Waals surface area contributed by atoms with Crippen LogP contribution in [0.4, 0.5) is 0 Å². The van der Waals surface area contributed by atoms with Gasteiger partial charge in [-0.05, 0) is 27.1 Å². The molecule has 1 fully saturated rings. The maximum absolute atomic E-state index is 5.78. The van der Waals surface area contributed by atoms with Crippen molar-refractivity contribution in [2.24, 2.45) is 11.1 Å². The van der Waals surface area contributed by atoms with E-state index in [1.165, 1.54) is 32.7 Å². The first kappa shape index (κ1) is 16.8. The van der Waals surface area contributed by atoms with Gasteiger partial charge in [-0.15, -0.1) is 0 Å². The molecule has 0 atom stereocenters. The fourth-order valence-corrected chi connectivity index (χ4v) is 2.24. The lowest BCUT2D eigenvalue weighted by molar-refractivity contribution is 0.119. The van der Waals surface area contributed by atoms with Crippen LogP contribution in [0.2, 0.25) is 0 Å². The van der Waals surface area contributed by atoms with E-state index in [1.54, 1.807) is 0 Å². The second kappa shape index (κ2) is 7.53. The van der Waals surface area contributed by atoms with Crippen LogP contribution < -0.4 is 5.73 Å². The van der Waals surface area contributed by atoms with Crippen molar-refractivity contribution in [2.75, 3.05) is 59.9 Å². The number of nitrogens with two attached hydrogens (primary N) is 1. The van der Waals surface area contributed by atoms with Crippen LogP contribution in [0.3, 0.4) is 0 Å². The highest BCUT2D eigenvalue weighted by Gasteiger charge is 2.23. The number of thiocarbonyl (C=S) groups is 1. The smallest absolute Gasteiger partial charge is 0.0784 e. The maximum Gasteiger partial charge on any atom is 0.0784 e. The van der Waals surface area contributed by atoms with E-state index >= 15 is 0 Å². The predicted molar refractivity (Wildman–Crippen MR) is 86.6 cm³/mol. The highest BCUT2D eigenvalue weighted by molar-refractivity contribution is 7.80. The molecule has 1 rings (SSSR count). The number of piperazine rings is 1. The van der Waals surface area contributed by atoms with E-state index in [2.05, 4.69) is 42.6 Å². The minimum Gasteiger partial charge on any atom is -0.393 e. The van der Waals surface area contributed by atoms with Crippen LogP contribution >= 0.6 is 12.2 Å². The molecule has 0 aliphatic carbocycles. The number of rotatable bonds is 7. The molecule has 0 radical (unpaired) electrons. The van der Waals surface area contributed by atoms with Crippen molar-refractivity contribution in [1.82, 2.24) is 14.7 Å². The summed E-state index contributed by atoms with van der Waals surface area (Å²) in [5, 5.41) is 0. The lowest BCUT2D eigenvalue weighted by atomic mass is 9.89. The van der Waals surface area contributed by atoms with Gasteiger partial charge in [0.25, 0.3) is 0 Å². The van der Waals surface area contributed by atoms with Crippen LogP contribution in [-0.4, -0.2) is 79.6 Å². The Morgan fingerprint density at radius 2 is 1.58 bits per heavy atom. The van der Waals surface area contributed by atoms with Crippen LogP contribution in [0.5, 0.6) is 0 Å². The van der Waals surface area contributed by atoms with Gasteiger partial charge in [0, 0.05) is 44.7 Å². The number of hydrogen-bond acceptors (Lipinski definition) is 4. The van der Waals surface area contributed by atoms with Gasteiger partial charge in [-0.3, -0.25) is 4.90 Å². The van der Waals surface area contributed by atoms with Gasteiger partial charge in [0.2, 0.25) is 0 Å². The van der Waals surface area contributed by atoms with Gasteiger partial charge in [0.05, 0.1) is 4.99 Å². The fraction of sp³-hybridized carbons (Fsp3) is 0.929. The fourth-order valence-electron chi connectivity index (χ4n) is 2.14. The van der Waals surface area contributed by atoms with Crippen LogP contribution in [0, 0.1) is 5.41 Å². The monoisotopic (exact) mass is 286 g/mol. The van der Waals surface area contributed by atoms with E-state index in [0.717, 1.165) is 19.5 Å². The third-order valence-electron chi connectivity index (χ3n) is 4.05. The Morgan fingerprint density at radius 1 is 1.11 bits per heavy atom. The summed E-state index contributed by atoms with van der Waals surface area (Å²) < 4.78 is 0. The lowest BCUT2D eigenvalue weighted by Gasteiger charge is -2.36. The minimum absolute atomic E-state index is 0.0165. The van der Waals surface area contributed by atoms with E-state index < -0.39 is 0 Å². The van der Waals surface area contributed by atoms with Gasteiger partial charge in [-0.2, -0.15) is 0 Å². The van der Waals surface area contributed by atoms with Crippen LogP contribution in [-0.2, 0) is 0 Å². The summed E-state index contributed by atoms with van der Waals surface area (Å²) in [5.41, 5.74) is 5.76. The summed E-state index contributed by atoms with van der Waals surface area (Å²) in [5.74, 6) is 0. The van der Waals surface area contributed by atoms with Gasteiger partial charge in [0.1, 0.15) is 0 Å². The van der Waals surface area contributed by atoms with Crippen molar-refractivity contribution >= 4 is 17.2 Å². The van der Waals surface area contributed by atoms with E-state index in [1.807, 2.05) is 0 Å². The van der Waals surface area contributed by atoms with Crippen LogP contribution in [0.1, 0.15) is 20.3 Å². The standard InChI is InChI=1S/C14H30N4S/c1-14(2,13(15)19)5-6-17-9-11-18(12-10-17)8-7-16(3)4/h5-12H2,1-4H3,(H2,15,19). The zero-order valence-corrected chi connectivity index (χ0v) is 13.8. The molecule has 1 saturated heterocycles. The number of nitrogens with zero attached hydrogens (tertiary/aromatic N) is 3. The largest absolute Gasteiger partial charge is 0.393 e. The maximum atomic E-state index is 5.78. The predicted octanol–water partition coefficient (Wildman–Crippen LogP) is 0.868. The molecule has 0 spiro atoms. The summed E-state index contributed by atoms with van der Waals surface area (Å²) >= 11 is 5.12. The van der Waals surface area contributed by atoms with E-state index in [9.17, 15) is 0 Å². The molecule has 0 aromatic heterocycles. The molecule has 4 nitrogen and oxygen atoms in total. The van der Waals surface area contributed by atoms with Crippen molar-refractivity contribution < 1.29 is 0 Å². The first-order valence-electron chi connectivity index (χ1n) is 7.20. The molecular weight excluding hydrogens is 256 g/mol. The first-order chi connectivity index (χ1) is 8.81. The van der Waals surface area contributed by atoms with Crippen molar-refractivity contribution in [3.63, 3.8) is 0 Å². The highest BCUT2D eigenvalue weighted by atomic mass is 32.1. The molecule has 1 aliphatic heterocycles. The third-order valence-corrected chi connectivity index (χ3v) is 4.60. The molecular formula is C14H30N4S. The van der Waals surface area contributed by atoms with Crippen molar-refractivity contribution in [2.45, 2.75) is 20.3 Å². The summed E-state index contributed by atoms with van der Waals surface area (Å²) in [6.45, 7) is 12.4. The molecule has 1 heterocycles. The highest BCUT2D eigenvalue weighted by Crippen LogP contribution is 2.21. The first-order valence-corrected chi connectivity index (χ1v) is 7.61. The van der Waals surface area contributed by atoms with Gasteiger partial charge in [-0.25, -0.2) is 0 Å². The lowest BCUT2D eigenvalue weighted by Crippen LogP contribution is -2.49. The minimum atomic E-state index is -0.0165. The normalized spacial score (nSPS) is 19.0. The van der Waals surface area contributed by atoms with Gasteiger partial charge in [0.15, 0.2) is 0 Å². The Morgan fingerprint density at radius 3 is 2.00 bits per heavy atom. The zero-order chi connectivity index (χ0) is 14.5. The molecule has 112 valence electrons. The van der Waals surface area contributed by atoms with Crippen molar-refractivity contribution in [3.8, 4) is 0 Å². The molecule has 19 heavy (non-hydrogen) atoms. The van der Waals surface area contributed by atoms with Gasteiger partial charge in [-0.1, -0.05) is 26.1 Å². The van der Waals surface area contributed by atoms with Gasteiger partial charge < -0.3 is 15.5 Å². The van der Waals surface area contributed by atoms with Crippen LogP contribution in [0.15, 0.2) is 0 Å². The van der Waals surface area contributed by atoms with E-state index in [4.69, 9.17) is 18.0 Å². The SMILES string of the molecule is CN(C)CCN1CCN(CCC(C)(C)C(N)=S)CC1. The Balaban J connectivity index is 2.22. The zero-order valence-electron chi connectivity index (χ0n) is 13.0. The molecule has 0 aromatic carbocycles. The summed E-state index contributed by atoms with van der Waals surface area (Å²) in [7, 11) is 4.27. The average Bonchev–Trinajstić information content (AvgIpc) is 2.35. The molecule has 0 amide bonds. The van der Waals surface area contributed by atoms with Crippen molar-refractivity contribution in [1.29, 1.82) is 0 Å². The Kier molecular flexibility index (Phi) is 6.66. The molecule has 0 saturated carbocycles. The second-order valence-electron chi connectivity index (χ2n) is 6.48. The molecule has 0 aromatic rings. The molecule has 0 unspecified atom stereocenters. The Bertz CT molecular complexity index is 283. The number of hydrogen-bond donors (Lipinski definition) is 1. The Hall–Kier alpha value is -0.230. The Labute approximate surface area is 123 Å². The summed E-state index contributed by atoms with van der Waals surface area (Å²) in [4.78, 5) is 7.97. The summed E-state index contributed by atoms with van der Waals surface area (Å²) in [6.07, 6.45) is 1.06. The summed E-state index contributed by atoms with van der Waals surface area (Å²) in [6, 6.07) is 0. The van der Waals surface area contributed by atoms with E-state index in [0.29, 0.717) is 4.99 Å².